The summed E-state index contributed by atoms with van der Waals surface area (Å²) in [5, 5.41) is 14.1. The smallest absolute Gasteiger partial charge is 0.211 e. The molecule has 0 aliphatic carbocycles. The third kappa shape index (κ3) is 3.40. The first kappa shape index (κ1) is 23.8. The highest BCUT2D eigenvalue weighted by molar-refractivity contribution is 6.17. The lowest BCUT2D eigenvalue weighted by atomic mass is 9.98. The summed E-state index contributed by atoms with van der Waals surface area (Å²) in [6, 6.07) is 48.1. The van der Waals surface area contributed by atoms with Crippen molar-refractivity contribution in [3.8, 4) is 28.6 Å². The molecule has 0 N–H and O–H groups in total. The molecule has 0 aliphatic heterocycles. The summed E-state index contributed by atoms with van der Waals surface area (Å²) in [6.07, 6.45) is 0. The fraction of sp³-hybridized carbons (Fsp3) is 0. The molecule has 0 amide bonds. The maximum atomic E-state index is 9.46. The highest BCUT2D eigenvalue weighted by Gasteiger charge is 2.19. The van der Waals surface area contributed by atoms with Crippen molar-refractivity contribution in [2.24, 2.45) is 0 Å². The molecule has 42 heavy (non-hydrogen) atoms. The summed E-state index contributed by atoms with van der Waals surface area (Å²) in [7, 11) is 0. The van der Waals surface area contributed by atoms with Crippen LogP contribution in [0.2, 0.25) is 0 Å². The van der Waals surface area contributed by atoms with E-state index < -0.39 is 0 Å². The van der Waals surface area contributed by atoms with Crippen molar-refractivity contribution >= 4 is 49.3 Å². The standard InChI is InChI=1S/C38H22N4/c1-40-32-22-25(24-39)18-21-35(32)42-33-15-7-5-12-29(33)30-20-19-26(23-37(30)42)28-14-9-17-36-38(28)31-13-6-8-16-34(31)41(36)27-10-3-2-4-11-27/h2-23H. The number of hydrogen-bond donors (Lipinski definition) is 0. The van der Waals surface area contributed by atoms with Gasteiger partial charge in [-0.15, -0.1) is 0 Å². The SMILES string of the molecule is [C-]#[N+]c1cc(C#N)ccc1-n1c2ccccc2c2ccc(-c3cccc4c3c3ccccc3n4-c3ccccc3)cc21. The lowest BCUT2D eigenvalue weighted by molar-refractivity contribution is 1.18. The Morgan fingerprint density at radius 1 is 0.571 bits per heavy atom. The van der Waals surface area contributed by atoms with Gasteiger partial charge in [0.05, 0.1) is 40.4 Å². The normalized spacial score (nSPS) is 11.3. The summed E-state index contributed by atoms with van der Waals surface area (Å²) in [4.78, 5) is 3.81. The minimum atomic E-state index is 0.454. The van der Waals surface area contributed by atoms with E-state index >= 15 is 0 Å². The molecule has 0 aliphatic rings. The number of fused-ring (bicyclic) bond motifs is 6. The zero-order valence-electron chi connectivity index (χ0n) is 22.5. The predicted octanol–water partition coefficient (Wildman–Crippen LogP) is 9.97. The summed E-state index contributed by atoms with van der Waals surface area (Å²) >= 11 is 0. The molecule has 2 heterocycles. The molecule has 0 fully saturated rings. The van der Waals surface area contributed by atoms with Crippen molar-refractivity contribution in [2.75, 3.05) is 0 Å². The second kappa shape index (κ2) is 9.24. The third-order valence-corrected chi connectivity index (χ3v) is 8.16. The van der Waals surface area contributed by atoms with Crippen LogP contribution in [0.5, 0.6) is 0 Å². The Bertz CT molecular complexity index is 2430. The lowest BCUT2D eigenvalue weighted by Gasteiger charge is -2.12. The van der Waals surface area contributed by atoms with Gasteiger partial charge in [0.1, 0.15) is 0 Å². The van der Waals surface area contributed by atoms with Crippen LogP contribution in [0.3, 0.4) is 0 Å². The molecule has 194 valence electrons. The molecule has 4 nitrogen and oxygen atoms in total. The lowest BCUT2D eigenvalue weighted by Crippen LogP contribution is -1.95. The van der Waals surface area contributed by atoms with E-state index in [0.717, 1.165) is 49.8 Å². The third-order valence-electron chi connectivity index (χ3n) is 8.16. The Morgan fingerprint density at radius 2 is 1.26 bits per heavy atom. The van der Waals surface area contributed by atoms with E-state index in [-0.39, 0.29) is 0 Å². The molecular formula is C38H22N4. The Labute approximate surface area is 242 Å². The highest BCUT2D eigenvalue weighted by atomic mass is 15.0. The Kier molecular flexibility index (Phi) is 5.22. The molecule has 6 aromatic carbocycles. The molecule has 0 spiro atoms. The molecule has 0 unspecified atom stereocenters. The number of nitriles is 1. The van der Waals surface area contributed by atoms with Gasteiger partial charge in [-0.25, -0.2) is 4.85 Å². The maximum Gasteiger partial charge on any atom is 0.211 e. The van der Waals surface area contributed by atoms with Crippen LogP contribution in [0.4, 0.5) is 5.69 Å². The van der Waals surface area contributed by atoms with Gasteiger partial charge in [-0.05, 0) is 65.7 Å². The van der Waals surface area contributed by atoms with E-state index in [4.69, 9.17) is 6.57 Å². The zero-order valence-corrected chi connectivity index (χ0v) is 22.5. The number of rotatable bonds is 3. The van der Waals surface area contributed by atoms with Crippen molar-refractivity contribution in [3.05, 3.63) is 150 Å². The van der Waals surface area contributed by atoms with E-state index in [9.17, 15) is 5.26 Å². The minimum absolute atomic E-state index is 0.454. The molecule has 8 rings (SSSR count). The molecule has 0 saturated carbocycles. The molecule has 4 heteroatoms. The van der Waals surface area contributed by atoms with Crippen molar-refractivity contribution in [1.29, 1.82) is 5.26 Å². The molecule has 0 saturated heterocycles. The summed E-state index contributed by atoms with van der Waals surface area (Å²) in [6.45, 7) is 7.89. The van der Waals surface area contributed by atoms with E-state index in [1.165, 1.54) is 16.3 Å². The minimum Gasteiger partial charge on any atom is -0.319 e. The monoisotopic (exact) mass is 534 g/mol. The average molecular weight is 535 g/mol. The van der Waals surface area contributed by atoms with Gasteiger partial charge in [-0.2, -0.15) is 5.26 Å². The van der Waals surface area contributed by atoms with Gasteiger partial charge in [-0.1, -0.05) is 78.9 Å². The van der Waals surface area contributed by atoms with Crippen molar-refractivity contribution in [3.63, 3.8) is 0 Å². The molecule has 0 atom stereocenters. The van der Waals surface area contributed by atoms with Crippen LogP contribution in [0.1, 0.15) is 5.56 Å². The van der Waals surface area contributed by atoms with Crippen LogP contribution >= 0.6 is 0 Å². The fourth-order valence-corrected chi connectivity index (χ4v) is 6.38. The summed E-state index contributed by atoms with van der Waals surface area (Å²) < 4.78 is 4.50. The topological polar surface area (TPSA) is 38.0 Å². The first-order valence-corrected chi connectivity index (χ1v) is 13.8. The highest BCUT2D eigenvalue weighted by Crippen LogP contribution is 2.41. The number of benzene rings is 6. The first-order valence-electron chi connectivity index (χ1n) is 13.8. The summed E-state index contributed by atoms with van der Waals surface area (Å²) in [5.74, 6) is 0. The van der Waals surface area contributed by atoms with Crippen LogP contribution in [0.15, 0.2) is 133 Å². The fourth-order valence-electron chi connectivity index (χ4n) is 6.38. The first-order chi connectivity index (χ1) is 20.8. The van der Waals surface area contributed by atoms with Gasteiger partial charge in [0.15, 0.2) is 0 Å². The average Bonchev–Trinajstić information content (AvgIpc) is 3.57. The van der Waals surface area contributed by atoms with E-state index in [1.807, 2.05) is 24.3 Å². The second-order valence-electron chi connectivity index (χ2n) is 10.4. The van der Waals surface area contributed by atoms with Crippen LogP contribution < -0.4 is 0 Å². The number of para-hydroxylation sites is 3. The van der Waals surface area contributed by atoms with Gasteiger partial charge in [0, 0.05) is 32.8 Å². The van der Waals surface area contributed by atoms with E-state index in [0.29, 0.717) is 11.3 Å². The van der Waals surface area contributed by atoms with Gasteiger partial charge in [0.2, 0.25) is 5.69 Å². The Balaban J connectivity index is 1.45. The largest absolute Gasteiger partial charge is 0.319 e. The Hall–Kier alpha value is -6.10. The van der Waals surface area contributed by atoms with Crippen LogP contribution in [0, 0.1) is 17.9 Å². The Morgan fingerprint density at radius 3 is 2.05 bits per heavy atom. The van der Waals surface area contributed by atoms with Gasteiger partial charge >= 0.3 is 0 Å². The van der Waals surface area contributed by atoms with Crippen molar-refractivity contribution in [1.82, 2.24) is 9.13 Å². The summed E-state index contributed by atoms with van der Waals surface area (Å²) in [5.41, 5.74) is 9.46. The predicted molar refractivity (Wildman–Crippen MR) is 172 cm³/mol. The van der Waals surface area contributed by atoms with Crippen LogP contribution in [-0.4, -0.2) is 9.13 Å². The quantitative estimate of drug-likeness (QED) is 0.208. The van der Waals surface area contributed by atoms with Gasteiger partial charge in [0.25, 0.3) is 0 Å². The zero-order chi connectivity index (χ0) is 28.2. The molecule has 8 aromatic rings. The second-order valence-corrected chi connectivity index (χ2v) is 10.4. The van der Waals surface area contributed by atoms with Crippen LogP contribution in [-0.2, 0) is 0 Å². The van der Waals surface area contributed by atoms with E-state index in [1.54, 1.807) is 12.1 Å². The van der Waals surface area contributed by atoms with Gasteiger partial charge in [-0.3, -0.25) is 0 Å². The molecule has 2 aromatic heterocycles. The van der Waals surface area contributed by atoms with Crippen LogP contribution in [0.25, 0.3) is 71.0 Å². The number of nitrogens with zero attached hydrogens (tertiary/aromatic N) is 4. The van der Waals surface area contributed by atoms with Gasteiger partial charge < -0.3 is 9.13 Å². The maximum absolute atomic E-state index is 9.46. The van der Waals surface area contributed by atoms with E-state index in [2.05, 4.69) is 117 Å². The van der Waals surface area contributed by atoms with Crippen molar-refractivity contribution in [2.45, 2.75) is 0 Å². The van der Waals surface area contributed by atoms with Crippen molar-refractivity contribution < 1.29 is 0 Å². The number of aromatic nitrogens is 2. The molecule has 0 bridgehead atoms. The molecule has 0 radical (unpaired) electrons. The molecular weight excluding hydrogens is 512 g/mol. The number of hydrogen-bond acceptors (Lipinski definition) is 1.